The minimum Gasteiger partial charge on any atom is -0.395 e. The van der Waals surface area contributed by atoms with Gasteiger partial charge in [0.1, 0.15) is 0 Å². The van der Waals surface area contributed by atoms with Gasteiger partial charge in [0, 0.05) is 24.8 Å². The van der Waals surface area contributed by atoms with E-state index in [-0.39, 0.29) is 11.5 Å². The number of nitrogens with zero attached hydrogens (tertiary/aromatic N) is 1. The molecule has 1 aromatic carbocycles. The van der Waals surface area contributed by atoms with E-state index in [1.807, 2.05) is 0 Å². The number of benzene rings is 1. The molecule has 3 aliphatic rings. The van der Waals surface area contributed by atoms with Crippen LogP contribution in [0.3, 0.4) is 0 Å². The van der Waals surface area contributed by atoms with Crippen LogP contribution < -0.4 is 14.4 Å². The lowest BCUT2D eigenvalue weighted by Crippen LogP contribution is -2.29. The normalized spacial score (nSPS) is 23.5. The van der Waals surface area contributed by atoms with Gasteiger partial charge in [-0.05, 0) is 49.7 Å². The average Bonchev–Trinajstić information content (AvgIpc) is 3.01. The molecule has 120 valence electrons. The number of fused-ring (bicyclic) bond motifs is 2. The maximum absolute atomic E-state index is 13.3. The Bertz CT molecular complexity index is 570. The minimum atomic E-state index is -3.53. The summed E-state index contributed by atoms with van der Waals surface area (Å²) in [6.45, 7) is 2.03. The van der Waals surface area contributed by atoms with Gasteiger partial charge in [0.2, 0.25) is 0 Å². The zero-order valence-electron chi connectivity index (χ0n) is 12.6. The molecule has 5 heteroatoms. The van der Waals surface area contributed by atoms with Crippen molar-refractivity contribution in [1.29, 1.82) is 0 Å². The molecule has 0 bridgehead atoms. The molecule has 22 heavy (non-hydrogen) atoms. The predicted molar refractivity (Wildman–Crippen MR) is 79.8 cm³/mol. The van der Waals surface area contributed by atoms with E-state index in [1.165, 1.54) is 25.7 Å². The minimum absolute atomic E-state index is 0.169. The SMILES string of the molecule is FC1(F)Oc2cc3c(cc2O1)N(CC1CCCC1)CCCC3. The Morgan fingerprint density at radius 1 is 1.05 bits per heavy atom. The van der Waals surface area contributed by atoms with Crippen molar-refractivity contribution < 1.29 is 18.3 Å². The topological polar surface area (TPSA) is 21.7 Å². The molecule has 0 amide bonds. The van der Waals surface area contributed by atoms with Crippen molar-refractivity contribution in [2.45, 2.75) is 51.2 Å². The van der Waals surface area contributed by atoms with Crippen LogP contribution in [0.1, 0.15) is 44.1 Å². The van der Waals surface area contributed by atoms with Crippen molar-refractivity contribution >= 4 is 5.69 Å². The number of anilines is 1. The molecule has 1 fully saturated rings. The Labute approximate surface area is 129 Å². The van der Waals surface area contributed by atoms with Gasteiger partial charge in [0.15, 0.2) is 11.5 Å². The van der Waals surface area contributed by atoms with Crippen LogP contribution in [0, 0.1) is 5.92 Å². The van der Waals surface area contributed by atoms with Crippen molar-refractivity contribution in [1.82, 2.24) is 0 Å². The summed E-state index contributed by atoms with van der Waals surface area (Å²) in [6, 6.07) is 3.50. The van der Waals surface area contributed by atoms with E-state index in [4.69, 9.17) is 0 Å². The van der Waals surface area contributed by atoms with Gasteiger partial charge >= 0.3 is 6.29 Å². The summed E-state index contributed by atoms with van der Waals surface area (Å²) in [6.07, 6.45) is 4.83. The zero-order chi connectivity index (χ0) is 15.2. The highest BCUT2D eigenvalue weighted by atomic mass is 19.3. The number of hydrogen-bond donors (Lipinski definition) is 0. The Hall–Kier alpha value is -1.52. The quantitative estimate of drug-likeness (QED) is 0.811. The van der Waals surface area contributed by atoms with Crippen molar-refractivity contribution in [2.75, 3.05) is 18.0 Å². The maximum Gasteiger partial charge on any atom is 0.586 e. The molecule has 0 radical (unpaired) electrons. The highest BCUT2D eigenvalue weighted by Crippen LogP contribution is 2.45. The van der Waals surface area contributed by atoms with Crippen LogP contribution in [0.2, 0.25) is 0 Å². The standard InChI is InChI=1S/C17H21F2NO2/c18-17(19)21-15-9-13-7-3-4-8-20(11-12-5-1-2-6-12)14(13)10-16(15)22-17/h9-10,12H,1-8,11H2. The molecular formula is C17H21F2NO2. The molecule has 0 atom stereocenters. The van der Waals surface area contributed by atoms with Gasteiger partial charge in [-0.1, -0.05) is 12.8 Å². The molecule has 0 saturated heterocycles. The number of aryl methyl sites for hydroxylation is 1. The van der Waals surface area contributed by atoms with Crippen molar-refractivity contribution in [3.05, 3.63) is 17.7 Å². The molecular weight excluding hydrogens is 288 g/mol. The molecule has 0 N–H and O–H groups in total. The van der Waals surface area contributed by atoms with E-state index in [9.17, 15) is 8.78 Å². The van der Waals surface area contributed by atoms with E-state index in [1.54, 1.807) is 12.1 Å². The fourth-order valence-electron chi connectivity index (χ4n) is 3.96. The lowest BCUT2D eigenvalue weighted by Gasteiger charge is -2.28. The first-order valence-corrected chi connectivity index (χ1v) is 8.28. The lowest BCUT2D eigenvalue weighted by atomic mass is 10.0. The van der Waals surface area contributed by atoms with Crippen LogP contribution in [0.4, 0.5) is 14.5 Å². The van der Waals surface area contributed by atoms with E-state index < -0.39 is 6.29 Å². The third kappa shape index (κ3) is 2.61. The van der Waals surface area contributed by atoms with Crippen molar-refractivity contribution in [2.24, 2.45) is 5.92 Å². The van der Waals surface area contributed by atoms with Crippen LogP contribution in [-0.2, 0) is 6.42 Å². The monoisotopic (exact) mass is 309 g/mol. The van der Waals surface area contributed by atoms with Gasteiger partial charge < -0.3 is 14.4 Å². The molecule has 0 aromatic heterocycles. The molecule has 2 heterocycles. The molecule has 0 spiro atoms. The molecule has 4 rings (SSSR count). The fourth-order valence-corrected chi connectivity index (χ4v) is 3.96. The van der Waals surface area contributed by atoms with E-state index in [0.29, 0.717) is 0 Å². The van der Waals surface area contributed by atoms with Gasteiger partial charge in [-0.2, -0.15) is 0 Å². The Kier molecular flexibility index (Phi) is 3.39. The second kappa shape index (κ2) is 5.28. The summed E-state index contributed by atoms with van der Waals surface area (Å²) in [5, 5.41) is 0. The highest BCUT2D eigenvalue weighted by Gasteiger charge is 2.44. The molecule has 1 aliphatic carbocycles. The number of hydrogen-bond acceptors (Lipinski definition) is 3. The van der Waals surface area contributed by atoms with E-state index in [0.717, 1.165) is 49.5 Å². The van der Waals surface area contributed by atoms with Crippen LogP contribution in [0.25, 0.3) is 0 Å². The smallest absolute Gasteiger partial charge is 0.395 e. The third-order valence-electron chi connectivity index (χ3n) is 5.02. The van der Waals surface area contributed by atoms with Crippen molar-refractivity contribution in [3.8, 4) is 11.5 Å². The Balaban J connectivity index is 1.64. The van der Waals surface area contributed by atoms with Crippen LogP contribution in [0.5, 0.6) is 11.5 Å². The lowest BCUT2D eigenvalue weighted by molar-refractivity contribution is -0.286. The number of halogens is 2. The summed E-state index contributed by atoms with van der Waals surface area (Å²) < 4.78 is 35.8. The van der Waals surface area contributed by atoms with Gasteiger partial charge in [0.05, 0.1) is 0 Å². The van der Waals surface area contributed by atoms with E-state index >= 15 is 0 Å². The van der Waals surface area contributed by atoms with Crippen LogP contribution >= 0.6 is 0 Å². The van der Waals surface area contributed by atoms with E-state index in [2.05, 4.69) is 14.4 Å². The Morgan fingerprint density at radius 2 is 1.77 bits per heavy atom. The average molecular weight is 309 g/mol. The fraction of sp³-hybridized carbons (Fsp3) is 0.647. The summed E-state index contributed by atoms with van der Waals surface area (Å²) in [4.78, 5) is 2.37. The first kappa shape index (κ1) is 14.1. The van der Waals surface area contributed by atoms with Crippen LogP contribution in [-0.4, -0.2) is 19.4 Å². The van der Waals surface area contributed by atoms with Crippen molar-refractivity contribution in [3.63, 3.8) is 0 Å². The molecule has 1 aromatic rings. The highest BCUT2D eigenvalue weighted by molar-refractivity contribution is 5.63. The predicted octanol–water partition coefficient (Wildman–Crippen LogP) is 4.34. The molecule has 0 unspecified atom stereocenters. The number of rotatable bonds is 2. The first-order chi connectivity index (χ1) is 10.6. The summed E-state index contributed by atoms with van der Waals surface area (Å²) in [5.74, 6) is 1.08. The molecule has 2 aliphatic heterocycles. The zero-order valence-corrected chi connectivity index (χ0v) is 12.6. The number of alkyl halides is 2. The van der Waals surface area contributed by atoms with Gasteiger partial charge in [0.25, 0.3) is 0 Å². The first-order valence-electron chi connectivity index (χ1n) is 8.28. The largest absolute Gasteiger partial charge is 0.586 e. The second-order valence-corrected chi connectivity index (χ2v) is 6.65. The summed E-state index contributed by atoms with van der Waals surface area (Å²) in [5.41, 5.74) is 2.17. The maximum atomic E-state index is 13.3. The van der Waals surface area contributed by atoms with Gasteiger partial charge in [-0.15, -0.1) is 8.78 Å². The number of ether oxygens (including phenoxy) is 2. The molecule has 3 nitrogen and oxygen atoms in total. The second-order valence-electron chi connectivity index (χ2n) is 6.65. The van der Waals surface area contributed by atoms with Crippen LogP contribution in [0.15, 0.2) is 12.1 Å². The van der Waals surface area contributed by atoms with Gasteiger partial charge in [-0.3, -0.25) is 0 Å². The van der Waals surface area contributed by atoms with Gasteiger partial charge in [-0.25, -0.2) is 0 Å². The summed E-state index contributed by atoms with van der Waals surface area (Å²) in [7, 11) is 0. The third-order valence-corrected chi connectivity index (χ3v) is 5.02. The Morgan fingerprint density at radius 3 is 2.55 bits per heavy atom. The molecule has 1 saturated carbocycles. The summed E-state index contributed by atoms with van der Waals surface area (Å²) >= 11 is 0.